The molecule has 2 unspecified atom stereocenters. The molecule has 5 nitrogen and oxygen atoms in total. The third kappa shape index (κ3) is 4.12. The number of carbonyl (C=O) groups excluding carboxylic acids is 2. The molecule has 0 aliphatic heterocycles. The first-order chi connectivity index (χ1) is 8.41. The summed E-state index contributed by atoms with van der Waals surface area (Å²) in [5.74, 6) is -0.983. The molecule has 98 valence electrons. The van der Waals surface area contributed by atoms with E-state index in [1.165, 1.54) is 0 Å². The molecule has 0 aliphatic rings. The minimum atomic E-state index is -0.910. The zero-order valence-corrected chi connectivity index (χ0v) is 11.6. The molecule has 1 aromatic carbocycles. The molecule has 0 heterocycles. The number of nitrogens with two attached hydrogens (primary N) is 2. The Hall–Kier alpha value is -1.40. The summed E-state index contributed by atoms with van der Waals surface area (Å²) in [6, 6.07) is 6.45. The van der Waals surface area contributed by atoms with Crippen LogP contribution in [0.2, 0.25) is 0 Å². The van der Waals surface area contributed by atoms with E-state index in [1.54, 1.807) is 0 Å². The topological polar surface area (TPSA) is 98.2 Å². The van der Waals surface area contributed by atoms with Crippen LogP contribution in [0, 0.1) is 0 Å². The van der Waals surface area contributed by atoms with E-state index < -0.39 is 17.9 Å². The second-order valence-corrected chi connectivity index (χ2v) is 4.88. The minimum Gasteiger partial charge on any atom is -0.370 e. The average molecular weight is 314 g/mol. The van der Waals surface area contributed by atoms with Gasteiger partial charge in [0.05, 0.1) is 18.5 Å². The van der Waals surface area contributed by atoms with Crippen molar-refractivity contribution in [3.05, 3.63) is 34.3 Å². The number of primary amides is 1. The summed E-state index contributed by atoms with van der Waals surface area (Å²) in [6.45, 7) is 1.84. The Balaban J connectivity index is 2.65. The summed E-state index contributed by atoms with van der Waals surface area (Å²) >= 11 is 3.41. The Labute approximate surface area is 114 Å². The standard InChI is InChI=1S/C12H16BrN3O2/c1-7(8-4-2-3-5-9(8)13)16-12(18)10(14)6-11(15)17/h2-5,7,10H,6,14H2,1H3,(H2,15,17)(H,16,18). The van der Waals surface area contributed by atoms with Crippen LogP contribution in [0.15, 0.2) is 28.7 Å². The van der Waals surface area contributed by atoms with Gasteiger partial charge in [0.2, 0.25) is 11.8 Å². The highest BCUT2D eigenvalue weighted by Crippen LogP contribution is 2.22. The van der Waals surface area contributed by atoms with Crippen molar-refractivity contribution in [3.63, 3.8) is 0 Å². The van der Waals surface area contributed by atoms with E-state index in [-0.39, 0.29) is 12.5 Å². The molecule has 0 aromatic heterocycles. The van der Waals surface area contributed by atoms with Crippen LogP contribution >= 0.6 is 15.9 Å². The van der Waals surface area contributed by atoms with Crippen LogP contribution in [0.4, 0.5) is 0 Å². The summed E-state index contributed by atoms with van der Waals surface area (Å²) in [7, 11) is 0. The Kier molecular flexibility index (Phi) is 5.30. The third-order valence-corrected chi connectivity index (χ3v) is 3.21. The minimum absolute atomic E-state index is 0.158. The fourth-order valence-electron chi connectivity index (χ4n) is 1.53. The van der Waals surface area contributed by atoms with Crippen molar-refractivity contribution < 1.29 is 9.59 Å². The molecule has 0 fully saturated rings. The van der Waals surface area contributed by atoms with Gasteiger partial charge >= 0.3 is 0 Å². The summed E-state index contributed by atoms with van der Waals surface area (Å²) in [4.78, 5) is 22.4. The van der Waals surface area contributed by atoms with Crippen molar-refractivity contribution in [3.8, 4) is 0 Å². The van der Waals surface area contributed by atoms with Crippen LogP contribution < -0.4 is 16.8 Å². The zero-order valence-electron chi connectivity index (χ0n) is 10.0. The van der Waals surface area contributed by atoms with Gasteiger partial charge in [0.25, 0.3) is 0 Å². The molecule has 18 heavy (non-hydrogen) atoms. The van der Waals surface area contributed by atoms with Crippen LogP contribution in [0.25, 0.3) is 0 Å². The quantitative estimate of drug-likeness (QED) is 0.751. The molecule has 0 radical (unpaired) electrons. The van der Waals surface area contributed by atoms with Crippen LogP contribution in [0.1, 0.15) is 24.9 Å². The molecule has 5 N–H and O–H groups in total. The Bertz CT molecular complexity index is 451. The molecule has 0 saturated carbocycles. The van der Waals surface area contributed by atoms with Crippen molar-refractivity contribution in [2.45, 2.75) is 25.4 Å². The SMILES string of the molecule is CC(NC(=O)C(N)CC(N)=O)c1ccccc1Br. The van der Waals surface area contributed by atoms with Crippen molar-refractivity contribution in [1.82, 2.24) is 5.32 Å². The molecule has 0 bridgehead atoms. The molecule has 0 spiro atoms. The summed E-state index contributed by atoms with van der Waals surface area (Å²) in [6.07, 6.45) is -0.158. The van der Waals surface area contributed by atoms with Crippen molar-refractivity contribution in [2.24, 2.45) is 11.5 Å². The van der Waals surface area contributed by atoms with Gasteiger partial charge in [-0.15, -0.1) is 0 Å². The van der Waals surface area contributed by atoms with E-state index in [0.29, 0.717) is 0 Å². The van der Waals surface area contributed by atoms with Gasteiger partial charge in [-0.05, 0) is 18.6 Å². The van der Waals surface area contributed by atoms with Gasteiger partial charge in [-0.1, -0.05) is 34.1 Å². The number of rotatable bonds is 5. The summed E-state index contributed by atoms with van der Waals surface area (Å²) < 4.78 is 0.904. The maximum Gasteiger partial charge on any atom is 0.237 e. The van der Waals surface area contributed by atoms with Gasteiger partial charge in [-0.3, -0.25) is 9.59 Å². The highest BCUT2D eigenvalue weighted by atomic mass is 79.9. The monoisotopic (exact) mass is 313 g/mol. The number of hydrogen-bond acceptors (Lipinski definition) is 3. The Morgan fingerprint density at radius 1 is 1.39 bits per heavy atom. The molecule has 1 aromatic rings. The third-order valence-electron chi connectivity index (χ3n) is 2.49. The molecule has 2 amide bonds. The number of halogens is 1. The van der Waals surface area contributed by atoms with Gasteiger partial charge in [-0.25, -0.2) is 0 Å². The van der Waals surface area contributed by atoms with Crippen molar-refractivity contribution in [2.75, 3.05) is 0 Å². The largest absolute Gasteiger partial charge is 0.370 e. The highest BCUT2D eigenvalue weighted by Gasteiger charge is 2.19. The van der Waals surface area contributed by atoms with E-state index in [2.05, 4.69) is 21.2 Å². The van der Waals surface area contributed by atoms with Crippen LogP contribution in [0.5, 0.6) is 0 Å². The summed E-state index contributed by atoms with van der Waals surface area (Å²) in [5.41, 5.74) is 11.5. The molecular formula is C12H16BrN3O2. The fraction of sp³-hybridized carbons (Fsp3) is 0.333. The van der Waals surface area contributed by atoms with Gasteiger partial charge in [0, 0.05) is 4.47 Å². The average Bonchev–Trinajstić information content (AvgIpc) is 2.28. The maximum atomic E-state index is 11.7. The molecule has 2 atom stereocenters. The van der Waals surface area contributed by atoms with Gasteiger partial charge in [0.1, 0.15) is 0 Å². The second kappa shape index (κ2) is 6.51. The van der Waals surface area contributed by atoms with Gasteiger partial charge in [0.15, 0.2) is 0 Å². The molecule has 0 saturated heterocycles. The highest BCUT2D eigenvalue weighted by molar-refractivity contribution is 9.10. The molecule has 0 aliphatic carbocycles. The summed E-state index contributed by atoms with van der Waals surface area (Å²) in [5, 5.41) is 2.74. The smallest absolute Gasteiger partial charge is 0.237 e. The van der Waals surface area contributed by atoms with Crippen molar-refractivity contribution in [1.29, 1.82) is 0 Å². The van der Waals surface area contributed by atoms with E-state index in [4.69, 9.17) is 11.5 Å². The maximum absolute atomic E-state index is 11.7. The van der Waals surface area contributed by atoms with Crippen molar-refractivity contribution >= 4 is 27.7 Å². The fourth-order valence-corrected chi connectivity index (χ4v) is 2.16. The number of hydrogen-bond donors (Lipinski definition) is 3. The lowest BCUT2D eigenvalue weighted by atomic mass is 10.1. The first kappa shape index (κ1) is 14.7. The molecule has 1 rings (SSSR count). The normalized spacial score (nSPS) is 13.7. The number of nitrogens with one attached hydrogen (secondary N) is 1. The number of benzene rings is 1. The molecule has 6 heteroatoms. The zero-order chi connectivity index (χ0) is 13.7. The number of carbonyl (C=O) groups is 2. The molecular weight excluding hydrogens is 298 g/mol. The van der Waals surface area contributed by atoms with E-state index in [1.807, 2.05) is 31.2 Å². The van der Waals surface area contributed by atoms with E-state index in [9.17, 15) is 9.59 Å². The lowest BCUT2D eigenvalue weighted by Gasteiger charge is -2.18. The van der Waals surface area contributed by atoms with Crippen LogP contribution in [-0.2, 0) is 9.59 Å². The first-order valence-electron chi connectivity index (χ1n) is 5.50. The predicted octanol–water partition coefficient (Wildman–Crippen LogP) is 0.829. The van der Waals surface area contributed by atoms with Gasteiger partial charge in [-0.2, -0.15) is 0 Å². The van der Waals surface area contributed by atoms with Crippen LogP contribution in [0.3, 0.4) is 0 Å². The van der Waals surface area contributed by atoms with Crippen LogP contribution in [-0.4, -0.2) is 17.9 Å². The van der Waals surface area contributed by atoms with E-state index >= 15 is 0 Å². The lowest BCUT2D eigenvalue weighted by Crippen LogP contribution is -2.43. The Morgan fingerprint density at radius 2 is 2.00 bits per heavy atom. The second-order valence-electron chi connectivity index (χ2n) is 4.03. The first-order valence-corrected chi connectivity index (χ1v) is 6.29. The predicted molar refractivity (Wildman–Crippen MR) is 72.5 cm³/mol. The van der Waals surface area contributed by atoms with E-state index in [0.717, 1.165) is 10.0 Å². The number of amides is 2. The lowest BCUT2D eigenvalue weighted by molar-refractivity contribution is -0.126. The Morgan fingerprint density at radius 3 is 2.56 bits per heavy atom. The van der Waals surface area contributed by atoms with Gasteiger partial charge < -0.3 is 16.8 Å².